The van der Waals surface area contributed by atoms with E-state index in [-0.39, 0.29) is 5.97 Å². The first-order valence-corrected chi connectivity index (χ1v) is 6.98. The highest BCUT2D eigenvalue weighted by molar-refractivity contribution is 7.09. The summed E-state index contributed by atoms with van der Waals surface area (Å²) in [5.41, 5.74) is 0.449. The second-order valence-corrected chi connectivity index (χ2v) is 5.39. The van der Waals surface area contributed by atoms with Gasteiger partial charge in [0.1, 0.15) is 12.0 Å². The lowest BCUT2D eigenvalue weighted by atomic mass is 10.2. The van der Waals surface area contributed by atoms with Crippen LogP contribution in [0.2, 0.25) is 0 Å². The van der Waals surface area contributed by atoms with Crippen LogP contribution in [0.15, 0.2) is 34.3 Å². The van der Waals surface area contributed by atoms with Crippen molar-refractivity contribution in [1.29, 1.82) is 0 Å². The van der Waals surface area contributed by atoms with Gasteiger partial charge in [-0.1, -0.05) is 6.07 Å². The Kier molecular flexibility index (Phi) is 4.76. The number of hydrogen-bond acceptors (Lipinski definition) is 5. The molecular formula is C14H17NO3S. The number of nitrogens with one attached hydrogen (secondary N) is 1. The molecule has 2 rings (SSSR count). The Morgan fingerprint density at radius 1 is 1.58 bits per heavy atom. The van der Waals surface area contributed by atoms with E-state index in [4.69, 9.17) is 4.42 Å². The number of ether oxygens (including phenoxy) is 1. The molecule has 0 radical (unpaired) electrons. The summed E-state index contributed by atoms with van der Waals surface area (Å²) in [6.45, 7) is 2.73. The summed E-state index contributed by atoms with van der Waals surface area (Å²) in [4.78, 5) is 12.6. The molecule has 0 aliphatic rings. The number of carbonyl (C=O) groups excluding carboxylic acids is 1. The number of esters is 1. The van der Waals surface area contributed by atoms with Crippen LogP contribution in [0.5, 0.6) is 0 Å². The van der Waals surface area contributed by atoms with Crippen LogP contribution in [-0.4, -0.2) is 19.1 Å². The third-order valence-electron chi connectivity index (χ3n) is 2.79. The summed E-state index contributed by atoms with van der Waals surface area (Å²) >= 11 is 1.76. The molecule has 2 aromatic heterocycles. The van der Waals surface area contributed by atoms with Gasteiger partial charge in [0, 0.05) is 10.9 Å². The highest BCUT2D eigenvalue weighted by atomic mass is 32.1. The Bertz CT molecular complexity index is 519. The first-order valence-electron chi connectivity index (χ1n) is 6.10. The molecule has 2 aromatic rings. The van der Waals surface area contributed by atoms with E-state index in [1.54, 1.807) is 17.4 Å². The fourth-order valence-electron chi connectivity index (χ4n) is 1.78. The zero-order chi connectivity index (χ0) is 13.7. The summed E-state index contributed by atoms with van der Waals surface area (Å²) < 4.78 is 9.94. The maximum atomic E-state index is 11.3. The van der Waals surface area contributed by atoms with Crippen molar-refractivity contribution >= 4 is 17.3 Å². The lowest BCUT2D eigenvalue weighted by Crippen LogP contribution is -2.27. The summed E-state index contributed by atoms with van der Waals surface area (Å²) in [5, 5.41) is 5.45. The van der Waals surface area contributed by atoms with Crippen LogP contribution in [-0.2, 0) is 17.7 Å². The standard InChI is InChI=1S/C14H17NO3S/c1-10(6-13-4-3-5-19-13)15-8-12-7-11(9-18-12)14(16)17-2/h3-5,7,9-10,15H,6,8H2,1-2H3. The highest BCUT2D eigenvalue weighted by Gasteiger charge is 2.11. The molecule has 0 amide bonds. The van der Waals surface area contributed by atoms with Gasteiger partial charge in [-0.2, -0.15) is 0 Å². The van der Waals surface area contributed by atoms with Gasteiger partial charge in [-0.3, -0.25) is 0 Å². The van der Waals surface area contributed by atoms with E-state index in [2.05, 4.69) is 34.5 Å². The lowest BCUT2D eigenvalue weighted by Gasteiger charge is -2.11. The Labute approximate surface area is 116 Å². The molecule has 1 atom stereocenters. The summed E-state index contributed by atoms with van der Waals surface area (Å²) in [7, 11) is 1.36. The van der Waals surface area contributed by atoms with Crippen molar-refractivity contribution in [2.75, 3.05) is 7.11 Å². The van der Waals surface area contributed by atoms with Crippen LogP contribution in [0.25, 0.3) is 0 Å². The first kappa shape index (κ1) is 13.8. The van der Waals surface area contributed by atoms with Crippen molar-refractivity contribution in [1.82, 2.24) is 5.32 Å². The van der Waals surface area contributed by atoms with Gasteiger partial charge in [0.05, 0.1) is 19.2 Å². The summed E-state index contributed by atoms with van der Waals surface area (Å²) in [5.74, 6) is 0.361. The molecule has 0 fully saturated rings. The minimum absolute atomic E-state index is 0.352. The third kappa shape index (κ3) is 3.94. The predicted octanol–water partition coefficient (Wildman–Crippen LogP) is 2.85. The second kappa shape index (κ2) is 6.54. The molecule has 0 aliphatic carbocycles. The van der Waals surface area contributed by atoms with E-state index < -0.39 is 0 Å². The number of hydrogen-bond donors (Lipinski definition) is 1. The number of methoxy groups -OCH3 is 1. The molecule has 0 spiro atoms. The van der Waals surface area contributed by atoms with E-state index >= 15 is 0 Å². The van der Waals surface area contributed by atoms with Crippen LogP contribution in [0.4, 0.5) is 0 Å². The normalized spacial score (nSPS) is 12.3. The van der Waals surface area contributed by atoms with Crippen LogP contribution < -0.4 is 5.32 Å². The maximum Gasteiger partial charge on any atom is 0.341 e. The van der Waals surface area contributed by atoms with Crippen molar-refractivity contribution in [2.45, 2.75) is 25.9 Å². The third-order valence-corrected chi connectivity index (χ3v) is 3.69. The predicted molar refractivity (Wildman–Crippen MR) is 74.4 cm³/mol. The Balaban J connectivity index is 1.81. The van der Waals surface area contributed by atoms with Gasteiger partial charge in [-0.15, -0.1) is 11.3 Å². The van der Waals surface area contributed by atoms with Gasteiger partial charge in [0.25, 0.3) is 0 Å². The van der Waals surface area contributed by atoms with Crippen molar-refractivity contribution in [3.05, 3.63) is 46.0 Å². The Morgan fingerprint density at radius 2 is 2.42 bits per heavy atom. The average Bonchev–Trinajstić information content (AvgIpc) is 3.06. The fraction of sp³-hybridized carbons (Fsp3) is 0.357. The van der Waals surface area contributed by atoms with E-state index in [0.717, 1.165) is 12.2 Å². The van der Waals surface area contributed by atoms with Gasteiger partial charge in [-0.25, -0.2) is 4.79 Å². The molecule has 0 aliphatic heterocycles. The minimum Gasteiger partial charge on any atom is -0.467 e. The minimum atomic E-state index is -0.373. The van der Waals surface area contributed by atoms with Crippen LogP contribution in [0, 0.1) is 0 Å². The number of thiophene rings is 1. The molecule has 0 saturated heterocycles. The van der Waals surface area contributed by atoms with Crippen molar-refractivity contribution in [2.24, 2.45) is 0 Å². The van der Waals surface area contributed by atoms with Crippen molar-refractivity contribution in [3.63, 3.8) is 0 Å². The van der Waals surface area contributed by atoms with Gasteiger partial charge in [-0.05, 0) is 30.9 Å². The van der Waals surface area contributed by atoms with Crippen LogP contribution in [0.1, 0.15) is 27.9 Å². The molecule has 0 bridgehead atoms. The largest absolute Gasteiger partial charge is 0.467 e. The van der Waals surface area contributed by atoms with Gasteiger partial charge in [0.15, 0.2) is 0 Å². The molecule has 0 aromatic carbocycles. The summed E-state index contributed by atoms with van der Waals surface area (Å²) in [6, 6.07) is 6.24. The molecule has 19 heavy (non-hydrogen) atoms. The molecule has 5 heteroatoms. The smallest absolute Gasteiger partial charge is 0.341 e. The second-order valence-electron chi connectivity index (χ2n) is 4.36. The van der Waals surface area contributed by atoms with Crippen molar-refractivity contribution in [3.8, 4) is 0 Å². The van der Waals surface area contributed by atoms with E-state index in [0.29, 0.717) is 18.2 Å². The Hall–Kier alpha value is -1.59. The fourth-order valence-corrected chi connectivity index (χ4v) is 2.61. The quantitative estimate of drug-likeness (QED) is 0.826. The summed E-state index contributed by atoms with van der Waals surface area (Å²) in [6.07, 6.45) is 2.41. The molecule has 2 heterocycles. The molecule has 102 valence electrons. The SMILES string of the molecule is COC(=O)c1coc(CNC(C)Cc2cccs2)c1. The van der Waals surface area contributed by atoms with E-state index in [9.17, 15) is 4.79 Å². The topological polar surface area (TPSA) is 51.5 Å². The van der Waals surface area contributed by atoms with Gasteiger partial charge in [0.2, 0.25) is 0 Å². The molecule has 0 saturated carbocycles. The zero-order valence-electron chi connectivity index (χ0n) is 11.0. The highest BCUT2D eigenvalue weighted by Crippen LogP contribution is 2.12. The van der Waals surface area contributed by atoms with Crippen molar-refractivity contribution < 1.29 is 13.9 Å². The lowest BCUT2D eigenvalue weighted by molar-refractivity contribution is 0.0600. The van der Waals surface area contributed by atoms with Crippen LogP contribution in [0.3, 0.4) is 0 Å². The maximum absolute atomic E-state index is 11.3. The van der Waals surface area contributed by atoms with Gasteiger partial charge >= 0.3 is 5.97 Å². The number of furan rings is 1. The zero-order valence-corrected chi connectivity index (χ0v) is 11.8. The molecule has 1 N–H and O–H groups in total. The average molecular weight is 279 g/mol. The molecule has 1 unspecified atom stereocenters. The van der Waals surface area contributed by atoms with E-state index in [1.165, 1.54) is 18.3 Å². The van der Waals surface area contributed by atoms with Crippen LogP contribution >= 0.6 is 11.3 Å². The first-order chi connectivity index (χ1) is 9.19. The number of rotatable bonds is 6. The van der Waals surface area contributed by atoms with Gasteiger partial charge < -0.3 is 14.5 Å². The molecular weight excluding hydrogens is 262 g/mol. The van der Waals surface area contributed by atoms with E-state index in [1.807, 2.05) is 0 Å². The Morgan fingerprint density at radius 3 is 3.11 bits per heavy atom. The monoisotopic (exact) mass is 279 g/mol. The number of carbonyl (C=O) groups is 1. The molecule has 4 nitrogen and oxygen atoms in total.